The van der Waals surface area contributed by atoms with Gasteiger partial charge in [-0.2, -0.15) is 5.10 Å². The molecule has 0 fully saturated rings. The number of phenolic OH excluding ortho intramolecular Hbond substituents is 2. The molecule has 0 aliphatic rings. The average molecular weight is 180 g/mol. The molecule has 0 heterocycles. The number of para-hydroxylation sites is 1. The summed E-state index contributed by atoms with van der Waals surface area (Å²) in [5.41, 5.74) is 1.99. The summed E-state index contributed by atoms with van der Waals surface area (Å²) in [5, 5.41) is 21.4. The smallest absolute Gasteiger partial charge is 0.275 e. The Bertz CT molecular complexity index is 349. The van der Waals surface area contributed by atoms with Crippen molar-refractivity contribution < 1.29 is 15.0 Å². The Kier molecular flexibility index (Phi) is 2.49. The molecule has 1 amide bonds. The predicted molar refractivity (Wildman–Crippen MR) is 46.8 cm³/mol. The molecule has 13 heavy (non-hydrogen) atoms. The summed E-state index contributed by atoms with van der Waals surface area (Å²) in [4.78, 5) is 11.1. The van der Waals surface area contributed by atoms with Crippen LogP contribution in [0.15, 0.2) is 23.3 Å². The number of hydrazone groups is 1. The molecule has 0 aromatic heterocycles. The fourth-order valence-electron chi connectivity index (χ4n) is 0.847. The summed E-state index contributed by atoms with van der Waals surface area (Å²) in [7, 11) is 0. The van der Waals surface area contributed by atoms with E-state index >= 15 is 0 Å². The average Bonchev–Trinajstić information content (AvgIpc) is 2.10. The SMILES string of the molecule is C=NNC(=O)c1cccc(O)c1O. The number of phenols is 2. The molecule has 5 nitrogen and oxygen atoms in total. The number of rotatable bonds is 2. The number of carbonyl (C=O) groups is 1. The first-order valence-electron chi connectivity index (χ1n) is 3.44. The second-order valence-corrected chi connectivity index (χ2v) is 2.27. The van der Waals surface area contributed by atoms with E-state index in [0.29, 0.717) is 0 Å². The number of amides is 1. The third-order valence-electron chi connectivity index (χ3n) is 1.44. The number of hydrogen-bond acceptors (Lipinski definition) is 4. The normalized spacial score (nSPS) is 9.23. The highest BCUT2D eigenvalue weighted by atomic mass is 16.3. The molecule has 0 spiro atoms. The van der Waals surface area contributed by atoms with E-state index in [-0.39, 0.29) is 11.3 Å². The Balaban J connectivity index is 3.07. The molecule has 0 saturated heterocycles. The highest BCUT2D eigenvalue weighted by Crippen LogP contribution is 2.27. The zero-order chi connectivity index (χ0) is 9.84. The lowest BCUT2D eigenvalue weighted by molar-refractivity contribution is 0.0952. The van der Waals surface area contributed by atoms with Gasteiger partial charge in [0.1, 0.15) is 0 Å². The van der Waals surface area contributed by atoms with Gasteiger partial charge >= 0.3 is 0 Å². The van der Waals surface area contributed by atoms with Crippen molar-refractivity contribution in [3.8, 4) is 11.5 Å². The molecule has 0 saturated carbocycles. The fraction of sp³-hybridized carbons (Fsp3) is 0. The highest BCUT2D eigenvalue weighted by Gasteiger charge is 2.12. The number of nitrogens with one attached hydrogen (secondary N) is 1. The third-order valence-corrected chi connectivity index (χ3v) is 1.44. The molecule has 1 rings (SSSR count). The standard InChI is InChI=1S/C8H8N2O3/c1-9-10-8(13)5-3-2-4-6(11)7(5)12/h2-4,11-12H,1H2,(H,10,13). The van der Waals surface area contributed by atoms with Crippen molar-refractivity contribution in [1.82, 2.24) is 5.43 Å². The van der Waals surface area contributed by atoms with E-state index in [4.69, 9.17) is 5.11 Å². The molecule has 0 aliphatic heterocycles. The quantitative estimate of drug-likeness (QED) is 0.351. The molecule has 0 radical (unpaired) electrons. The predicted octanol–water partition coefficient (Wildman–Crippen LogP) is 0.443. The van der Waals surface area contributed by atoms with Gasteiger partial charge in [0.05, 0.1) is 5.56 Å². The van der Waals surface area contributed by atoms with Gasteiger partial charge < -0.3 is 10.2 Å². The van der Waals surface area contributed by atoms with Crippen molar-refractivity contribution in [3.05, 3.63) is 23.8 Å². The maximum atomic E-state index is 11.1. The Morgan fingerprint density at radius 2 is 2.15 bits per heavy atom. The minimum atomic E-state index is -0.622. The van der Waals surface area contributed by atoms with Crippen LogP contribution >= 0.6 is 0 Å². The van der Waals surface area contributed by atoms with Crippen LogP contribution in [0, 0.1) is 0 Å². The van der Waals surface area contributed by atoms with Crippen molar-refractivity contribution in [1.29, 1.82) is 0 Å². The summed E-state index contributed by atoms with van der Waals surface area (Å²) in [6.45, 7) is 3.05. The number of nitrogens with zero attached hydrogens (tertiary/aromatic N) is 1. The third kappa shape index (κ3) is 1.76. The van der Waals surface area contributed by atoms with Crippen LogP contribution in [-0.4, -0.2) is 22.8 Å². The van der Waals surface area contributed by atoms with Crippen molar-refractivity contribution in [2.75, 3.05) is 0 Å². The second-order valence-electron chi connectivity index (χ2n) is 2.27. The van der Waals surface area contributed by atoms with Gasteiger partial charge in [0.15, 0.2) is 11.5 Å². The minimum absolute atomic E-state index is 0.0487. The van der Waals surface area contributed by atoms with E-state index in [2.05, 4.69) is 11.8 Å². The van der Waals surface area contributed by atoms with Gasteiger partial charge in [0.25, 0.3) is 5.91 Å². The Labute approximate surface area is 74.3 Å². The van der Waals surface area contributed by atoms with Gasteiger partial charge in [-0.25, -0.2) is 5.43 Å². The lowest BCUT2D eigenvalue weighted by Crippen LogP contribution is -2.16. The molecule has 5 heteroatoms. The van der Waals surface area contributed by atoms with Crippen molar-refractivity contribution in [3.63, 3.8) is 0 Å². The summed E-state index contributed by atoms with van der Waals surface area (Å²) in [5.74, 6) is -1.44. The van der Waals surface area contributed by atoms with E-state index in [1.807, 2.05) is 5.43 Å². The van der Waals surface area contributed by atoms with Crippen LogP contribution in [0.3, 0.4) is 0 Å². The van der Waals surface area contributed by atoms with Gasteiger partial charge in [-0.15, -0.1) is 0 Å². The van der Waals surface area contributed by atoms with E-state index in [1.165, 1.54) is 18.2 Å². The molecule has 1 aromatic carbocycles. The van der Waals surface area contributed by atoms with Crippen molar-refractivity contribution in [2.24, 2.45) is 5.10 Å². The first-order chi connectivity index (χ1) is 6.16. The van der Waals surface area contributed by atoms with Gasteiger partial charge in [0.2, 0.25) is 0 Å². The number of carbonyl (C=O) groups excluding carboxylic acids is 1. The Morgan fingerprint density at radius 3 is 2.77 bits per heavy atom. The van der Waals surface area contributed by atoms with E-state index in [1.54, 1.807) is 0 Å². The molecule has 0 atom stereocenters. The lowest BCUT2D eigenvalue weighted by Gasteiger charge is -2.03. The van der Waals surface area contributed by atoms with Crippen molar-refractivity contribution in [2.45, 2.75) is 0 Å². The van der Waals surface area contributed by atoms with Crippen LogP contribution in [0.5, 0.6) is 11.5 Å². The van der Waals surface area contributed by atoms with E-state index in [0.717, 1.165) is 0 Å². The minimum Gasteiger partial charge on any atom is -0.504 e. The summed E-state index contributed by atoms with van der Waals surface area (Å²) in [6.07, 6.45) is 0. The lowest BCUT2D eigenvalue weighted by atomic mass is 10.2. The van der Waals surface area contributed by atoms with Gasteiger partial charge in [0, 0.05) is 6.72 Å². The summed E-state index contributed by atoms with van der Waals surface area (Å²) in [6, 6.07) is 4.07. The Hall–Kier alpha value is -2.04. The van der Waals surface area contributed by atoms with Crippen LogP contribution in [-0.2, 0) is 0 Å². The number of aromatic hydroxyl groups is 2. The van der Waals surface area contributed by atoms with Gasteiger partial charge in [-0.05, 0) is 12.1 Å². The molecule has 3 N–H and O–H groups in total. The molecule has 0 unspecified atom stereocenters. The Morgan fingerprint density at radius 1 is 1.46 bits per heavy atom. The van der Waals surface area contributed by atoms with E-state index < -0.39 is 11.7 Å². The van der Waals surface area contributed by atoms with Crippen LogP contribution in [0.1, 0.15) is 10.4 Å². The first kappa shape index (κ1) is 9.05. The molecule has 1 aromatic rings. The van der Waals surface area contributed by atoms with Crippen LogP contribution < -0.4 is 5.43 Å². The molecule has 68 valence electrons. The van der Waals surface area contributed by atoms with Crippen LogP contribution in [0.4, 0.5) is 0 Å². The molecule has 0 bridgehead atoms. The zero-order valence-corrected chi connectivity index (χ0v) is 6.69. The van der Waals surface area contributed by atoms with E-state index in [9.17, 15) is 9.90 Å². The molecular formula is C8H8N2O3. The highest BCUT2D eigenvalue weighted by molar-refractivity contribution is 5.97. The summed E-state index contributed by atoms with van der Waals surface area (Å²) >= 11 is 0. The monoisotopic (exact) mass is 180 g/mol. The largest absolute Gasteiger partial charge is 0.504 e. The summed E-state index contributed by atoms with van der Waals surface area (Å²) < 4.78 is 0. The maximum absolute atomic E-state index is 11.1. The first-order valence-corrected chi connectivity index (χ1v) is 3.44. The maximum Gasteiger partial charge on any atom is 0.275 e. The topological polar surface area (TPSA) is 81.9 Å². The molecule has 0 aliphatic carbocycles. The number of benzene rings is 1. The zero-order valence-electron chi connectivity index (χ0n) is 6.69. The number of hydrogen-bond donors (Lipinski definition) is 3. The van der Waals surface area contributed by atoms with Crippen molar-refractivity contribution >= 4 is 12.6 Å². The molecular weight excluding hydrogens is 172 g/mol. The second kappa shape index (κ2) is 3.57. The van der Waals surface area contributed by atoms with Crippen LogP contribution in [0.2, 0.25) is 0 Å². The van der Waals surface area contributed by atoms with Gasteiger partial charge in [-0.1, -0.05) is 6.07 Å². The van der Waals surface area contributed by atoms with Crippen LogP contribution in [0.25, 0.3) is 0 Å². The van der Waals surface area contributed by atoms with Gasteiger partial charge in [-0.3, -0.25) is 4.79 Å². The fourth-order valence-corrected chi connectivity index (χ4v) is 0.847.